The molecule has 0 aliphatic carbocycles. The molecule has 0 spiro atoms. The number of hydrogen-bond acceptors (Lipinski definition) is 3. The largest absolute Gasteiger partial charge is 0.481 e. The maximum atomic E-state index is 11.2. The number of nitrogens with zero attached hydrogens (tertiary/aromatic N) is 1. The van der Waals surface area contributed by atoms with Gasteiger partial charge in [0.25, 0.3) is 0 Å². The summed E-state index contributed by atoms with van der Waals surface area (Å²) in [6, 6.07) is 9.02. The van der Waals surface area contributed by atoms with Gasteiger partial charge in [-0.1, -0.05) is 19.1 Å². The predicted molar refractivity (Wildman–Crippen MR) is 83.2 cm³/mol. The van der Waals surface area contributed by atoms with E-state index < -0.39 is 5.97 Å². The minimum atomic E-state index is -0.651. The maximum Gasteiger partial charge on any atom is 0.307 e. The highest BCUT2D eigenvalue weighted by Gasteiger charge is 2.29. The lowest BCUT2D eigenvalue weighted by Gasteiger charge is -2.37. The lowest BCUT2D eigenvalue weighted by Crippen LogP contribution is -2.40. The first kappa shape index (κ1) is 15.4. The summed E-state index contributed by atoms with van der Waals surface area (Å²) in [6.45, 7) is 3.86. The van der Waals surface area contributed by atoms with Crippen molar-refractivity contribution < 1.29 is 9.90 Å². The summed E-state index contributed by atoms with van der Waals surface area (Å²) in [4.78, 5) is 14.8. The van der Waals surface area contributed by atoms with Crippen LogP contribution in [0.3, 0.4) is 0 Å². The molecular weight excluding hydrogens is 270 g/mol. The SMILES string of the molecule is CCC(c1ccc(SC)cc1)N1CCCC(C(=O)O)C1. The Hall–Kier alpha value is -1.00. The van der Waals surface area contributed by atoms with Gasteiger partial charge >= 0.3 is 5.97 Å². The Bertz CT molecular complexity index is 446. The molecule has 1 fully saturated rings. The van der Waals surface area contributed by atoms with Crippen LogP contribution in [0.5, 0.6) is 0 Å². The number of hydrogen-bond donors (Lipinski definition) is 1. The van der Waals surface area contributed by atoms with Crippen LogP contribution >= 0.6 is 11.8 Å². The molecule has 110 valence electrons. The highest BCUT2D eigenvalue weighted by Crippen LogP contribution is 2.30. The number of thioether (sulfide) groups is 1. The Balaban J connectivity index is 2.12. The molecule has 3 nitrogen and oxygen atoms in total. The molecule has 20 heavy (non-hydrogen) atoms. The molecule has 2 rings (SSSR count). The zero-order valence-electron chi connectivity index (χ0n) is 12.2. The first-order chi connectivity index (χ1) is 9.65. The number of piperidine rings is 1. The van der Waals surface area contributed by atoms with Crippen molar-refractivity contribution in [2.45, 2.75) is 37.1 Å². The van der Waals surface area contributed by atoms with Crippen LogP contribution in [0.1, 0.15) is 37.8 Å². The average Bonchev–Trinajstić information content (AvgIpc) is 2.49. The summed E-state index contributed by atoms with van der Waals surface area (Å²) in [5.41, 5.74) is 1.30. The Kier molecular flexibility index (Phi) is 5.49. The summed E-state index contributed by atoms with van der Waals surface area (Å²) in [7, 11) is 0. The molecule has 1 aliphatic heterocycles. The summed E-state index contributed by atoms with van der Waals surface area (Å²) in [5, 5.41) is 9.22. The number of carboxylic acid groups (broad SMARTS) is 1. The fraction of sp³-hybridized carbons (Fsp3) is 0.562. The number of carbonyl (C=O) groups is 1. The van der Waals surface area contributed by atoms with Crippen molar-refractivity contribution in [1.82, 2.24) is 4.90 Å². The third-order valence-electron chi connectivity index (χ3n) is 4.13. The molecule has 4 heteroatoms. The Morgan fingerprint density at radius 3 is 2.70 bits per heavy atom. The van der Waals surface area contributed by atoms with Gasteiger partial charge in [-0.2, -0.15) is 0 Å². The third-order valence-corrected chi connectivity index (χ3v) is 4.87. The molecule has 1 aromatic rings. The Morgan fingerprint density at radius 1 is 1.45 bits per heavy atom. The minimum absolute atomic E-state index is 0.205. The topological polar surface area (TPSA) is 40.5 Å². The number of aliphatic carboxylic acids is 1. The summed E-state index contributed by atoms with van der Waals surface area (Å²) >= 11 is 1.75. The summed E-state index contributed by atoms with van der Waals surface area (Å²) in [5.74, 6) is -0.856. The van der Waals surface area contributed by atoms with Gasteiger partial charge in [-0.25, -0.2) is 0 Å². The molecule has 0 radical (unpaired) electrons. The second-order valence-corrected chi connectivity index (χ2v) is 6.25. The molecule has 0 bridgehead atoms. The highest BCUT2D eigenvalue weighted by atomic mass is 32.2. The van der Waals surface area contributed by atoms with E-state index in [4.69, 9.17) is 0 Å². The summed E-state index contributed by atoms with van der Waals surface area (Å²) in [6.07, 6.45) is 4.89. The zero-order valence-corrected chi connectivity index (χ0v) is 13.0. The first-order valence-corrected chi connectivity index (χ1v) is 8.49. The van der Waals surface area contributed by atoms with Crippen molar-refractivity contribution in [3.63, 3.8) is 0 Å². The first-order valence-electron chi connectivity index (χ1n) is 7.26. The van der Waals surface area contributed by atoms with Gasteiger partial charge in [-0.05, 0) is 49.8 Å². The molecule has 2 unspecified atom stereocenters. The van der Waals surface area contributed by atoms with Crippen molar-refractivity contribution in [3.8, 4) is 0 Å². The fourth-order valence-electron chi connectivity index (χ4n) is 3.02. The van der Waals surface area contributed by atoms with Crippen molar-refractivity contribution in [2.24, 2.45) is 5.92 Å². The van der Waals surface area contributed by atoms with Crippen LogP contribution in [-0.4, -0.2) is 35.3 Å². The molecule has 1 aliphatic rings. The van der Waals surface area contributed by atoms with E-state index in [1.165, 1.54) is 10.5 Å². The second-order valence-electron chi connectivity index (χ2n) is 5.37. The zero-order chi connectivity index (χ0) is 14.5. The fourth-order valence-corrected chi connectivity index (χ4v) is 3.43. The lowest BCUT2D eigenvalue weighted by molar-refractivity contribution is -0.144. The van der Waals surface area contributed by atoms with Gasteiger partial charge in [0.15, 0.2) is 0 Å². The minimum Gasteiger partial charge on any atom is -0.481 e. The quantitative estimate of drug-likeness (QED) is 0.841. The van der Waals surface area contributed by atoms with E-state index in [9.17, 15) is 9.90 Å². The monoisotopic (exact) mass is 293 g/mol. The van der Waals surface area contributed by atoms with Gasteiger partial charge in [0, 0.05) is 17.5 Å². The third kappa shape index (κ3) is 3.55. The van der Waals surface area contributed by atoms with Gasteiger partial charge in [-0.15, -0.1) is 11.8 Å². The number of likely N-dealkylation sites (tertiary alicyclic amines) is 1. The van der Waals surface area contributed by atoms with Crippen LogP contribution in [0, 0.1) is 5.92 Å². The molecular formula is C16H23NO2S. The molecule has 0 amide bonds. The van der Waals surface area contributed by atoms with Crippen LogP contribution in [0.4, 0.5) is 0 Å². The maximum absolute atomic E-state index is 11.2. The molecule has 1 heterocycles. The number of rotatable bonds is 5. The Morgan fingerprint density at radius 2 is 2.15 bits per heavy atom. The molecule has 2 atom stereocenters. The van der Waals surface area contributed by atoms with Crippen LogP contribution in [0.25, 0.3) is 0 Å². The number of carboxylic acids is 1. The van der Waals surface area contributed by atoms with Crippen molar-refractivity contribution in [2.75, 3.05) is 19.3 Å². The van der Waals surface area contributed by atoms with Crippen molar-refractivity contribution in [3.05, 3.63) is 29.8 Å². The number of benzene rings is 1. The predicted octanol–water partition coefficient (Wildman–Crippen LogP) is 3.66. The van der Waals surface area contributed by atoms with Crippen LogP contribution in [-0.2, 0) is 4.79 Å². The molecule has 0 aromatic heterocycles. The van der Waals surface area contributed by atoms with Crippen LogP contribution in [0.15, 0.2) is 29.2 Å². The lowest BCUT2D eigenvalue weighted by atomic mass is 9.94. The van der Waals surface area contributed by atoms with Gasteiger partial charge in [0.1, 0.15) is 0 Å². The van der Waals surface area contributed by atoms with E-state index in [2.05, 4.69) is 42.3 Å². The average molecular weight is 293 g/mol. The van der Waals surface area contributed by atoms with E-state index >= 15 is 0 Å². The molecule has 0 saturated carbocycles. The standard InChI is InChI=1S/C16H23NO2S/c1-3-15(12-6-8-14(20-2)9-7-12)17-10-4-5-13(11-17)16(18)19/h6-9,13,15H,3-5,10-11H2,1-2H3,(H,18,19). The molecule has 1 aromatic carbocycles. The van der Waals surface area contributed by atoms with Crippen LogP contribution in [0.2, 0.25) is 0 Å². The van der Waals surface area contributed by atoms with Crippen LogP contribution < -0.4 is 0 Å². The summed E-state index contributed by atoms with van der Waals surface area (Å²) < 4.78 is 0. The molecule has 1 N–H and O–H groups in total. The van der Waals surface area contributed by atoms with E-state index in [1.807, 2.05) is 0 Å². The van der Waals surface area contributed by atoms with Crippen molar-refractivity contribution in [1.29, 1.82) is 0 Å². The van der Waals surface area contributed by atoms with Gasteiger partial charge < -0.3 is 5.11 Å². The van der Waals surface area contributed by atoms with Crippen molar-refractivity contribution >= 4 is 17.7 Å². The second kappa shape index (κ2) is 7.14. The van der Waals surface area contributed by atoms with E-state index in [0.29, 0.717) is 12.6 Å². The van der Waals surface area contributed by atoms with Gasteiger partial charge in [0.05, 0.1) is 5.92 Å². The van der Waals surface area contributed by atoms with E-state index in [0.717, 1.165) is 25.8 Å². The molecule has 1 saturated heterocycles. The normalized spacial score (nSPS) is 21.6. The van der Waals surface area contributed by atoms with E-state index in [-0.39, 0.29) is 5.92 Å². The van der Waals surface area contributed by atoms with Gasteiger partial charge in [0.2, 0.25) is 0 Å². The Labute approximate surface area is 125 Å². The van der Waals surface area contributed by atoms with Gasteiger partial charge in [-0.3, -0.25) is 9.69 Å². The van der Waals surface area contributed by atoms with E-state index in [1.54, 1.807) is 11.8 Å². The highest BCUT2D eigenvalue weighted by molar-refractivity contribution is 7.98. The smallest absolute Gasteiger partial charge is 0.307 e.